The Hall–Kier alpha value is -3.25. The van der Waals surface area contributed by atoms with Crippen LogP contribution in [0.3, 0.4) is 0 Å². The van der Waals surface area contributed by atoms with E-state index in [9.17, 15) is 9.59 Å². The highest BCUT2D eigenvalue weighted by Crippen LogP contribution is 2.38. The lowest BCUT2D eigenvalue weighted by Gasteiger charge is -2.40. The van der Waals surface area contributed by atoms with Crippen LogP contribution < -0.4 is 15.1 Å². The summed E-state index contributed by atoms with van der Waals surface area (Å²) >= 11 is 5.30. The molecule has 0 spiro atoms. The molecule has 0 aliphatic carbocycles. The van der Waals surface area contributed by atoms with Crippen molar-refractivity contribution >= 4 is 52.2 Å². The van der Waals surface area contributed by atoms with Crippen molar-refractivity contribution in [2.75, 3.05) is 16.8 Å². The van der Waals surface area contributed by atoms with Gasteiger partial charge in [0, 0.05) is 18.3 Å². The van der Waals surface area contributed by atoms with Gasteiger partial charge >= 0.3 is 0 Å². The van der Waals surface area contributed by atoms with Gasteiger partial charge in [0.15, 0.2) is 5.11 Å². The molecule has 0 unspecified atom stereocenters. The van der Waals surface area contributed by atoms with E-state index in [-0.39, 0.29) is 16.2 Å². The SMILES string of the molecule is CC1=CC(C)(C)N(C)c2ccc(/C=C3/C(=O)NC(=S)N(c4ccccc4C)C3=O)cc21. The maximum atomic E-state index is 13.3. The Labute approximate surface area is 188 Å². The van der Waals surface area contributed by atoms with E-state index in [1.165, 1.54) is 10.5 Å². The molecule has 0 radical (unpaired) electrons. The summed E-state index contributed by atoms with van der Waals surface area (Å²) in [6.45, 7) is 8.33. The van der Waals surface area contributed by atoms with Crippen molar-refractivity contribution in [2.45, 2.75) is 33.2 Å². The number of carbonyl (C=O) groups is 2. The monoisotopic (exact) mass is 431 g/mol. The first-order valence-corrected chi connectivity index (χ1v) is 10.6. The van der Waals surface area contributed by atoms with Crippen LogP contribution >= 0.6 is 12.2 Å². The number of benzene rings is 2. The summed E-state index contributed by atoms with van der Waals surface area (Å²) in [7, 11) is 2.07. The Morgan fingerprint density at radius 2 is 1.74 bits per heavy atom. The van der Waals surface area contributed by atoms with Gasteiger partial charge in [-0.25, -0.2) is 0 Å². The first kappa shape index (κ1) is 21.0. The van der Waals surface area contributed by atoms with Crippen molar-refractivity contribution < 1.29 is 9.59 Å². The highest BCUT2D eigenvalue weighted by molar-refractivity contribution is 7.80. The van der Waals surface area contributed by atoms with Crippen molar-refractivity contribution in [2.24, 2.45) is 0 Å². The minimum atomic E-state index is -0.483. The van der Waals surface area contributed by atoms with Gasteiger partial charge in [-0.1, -0.05) is 30.3 Å². The van der Waals surface area contributed by atoms with Crippen LogP contribution in [-0.4, -0.2) is 29.5 Å². The molecular weight excluding hydrogens is 406 g/mol. The highest BCUT2D eigenvalue weighted by Gasteiger charge is 2.35. The lowest BCUT2D eigenvalue weighted by molar-refractivity contribution is -0.122. The van der Waals surface area contributed by atoms with Crippen molar-refractivity contribution in [3.63, 3.8) is 0 Å². The lowest BCUT2D eigenvalue weighted by Crippen LogP contribution is -2.54. The second-order valence-electron chi connectivity index (χ2n) is 8.56. The zero-order valence-electron chi connectivity index (χ0n) is 18.3. The van der Waals surface area contributed by atoms with Crippen LogP contribution in [0.2, 0.25) is 0 Å². The molecule has 31 heavy (non-hydrogen) atoms. The molecule has 1 fully saturated rings. The van der Waals surface area contributed by atoms with Gasteiger partial charge in [0.1, 0.15) is 5.57 Å². The molecule has 0 atom stereocenters. The van der Waals surface area contributed by atoms with E-state index in [0.29, 0.717) is 5.69 Å². The number of carbonyl (C=O) groups excluding carboxylic acids is 2. The summed E-state index contributed by atoms with van der Waals surface area (Å²) in [5.74, 6) is -0.908. The number of likely N-dealkylation sites (N-methyl/N-ethyl adjacent to an activating group) is 1. The largest absolute Gasteiger partial charge is 0.366 e. The molecule has 1 N–H and O–H groups in total. The summed E-state index contributed by atoms with van der Waals surface area (Å²) in [4.78, 5) is 29.5. The molecule has 4 rings (SSSR count). The molecule has 2 aromatic carbocycles. The van der Waals surface area contributed by atoms with Crippen LogP contribution in [0.5, 0.6) is 0 Å². The summed E-state index contributed by atoms with van der Waals surface area (Å²) in [6, 6.07) is 13.4. The van der Waals surface area contributed by atoms with Gasteiger partial charge in [-0.15, -0.1) is 0 Å². The average Bonchev–Trinajstić information content (AvgIpc) is 2.70. The minimum Gasteiger partial charge on any atom is -0.366 e. The highest BCUT2D eigenvalue weighted by atomic mass is 32.1. The van der Waals surface area contributed by atoms with Crippen LogP contribution in [0.1, 0.15) is 37.5 Å². The van der Waals surface area contributed by atoms with E-state index in [1.54, 1.807) is 6.08 Å². The summed E-state index contributed by atoms with van der Waals surface area (Å²) in [6.07, 6.45) is 3.86. The third-order valence-electron chi connectivity index (χ3n) is 6.01. The van der Waals surface area contributed by atoms with Crippen LogP contribution in [0, 0.1) is 6.92 Å². The van der Waals surface area contributed by atoms with Crippen LogP contribution in [0.4, 0.5) is 11.4 Å². The van der Waals surface area contributed by atoms with Gasteiger partial charge in [0.05, 0.1) is 11.2 Å². The van der Waals surface area contributed by atoms with E-state index >= 15 is 0 Å². The molecule has 1 saturated heterocycles. The zero-order valence-corrected chi connectivity index (χ0v) is 19.1. The second kappa shape index (κ2) is 7.46. The standard InChI is InChI=1S/C25H25N3O2S/c1-15-8-6-7-9-20(15)28-23(30)19(22(29)26-24(28)31)13-17-10-11-21-18(12-17)16(2)14-25(3,4)27(21)5/h6-14H,1-5H3,(H,26,29,31)/b19-13-. The minimum absolute atomic E-state index is 0.0583. The van der Waals surface area contributed by atoms with Crippen LogP contribution in [0.25, 0.3) is 11.6 Å². The summed E-state index contributed by atoms with van der Waals surface area (Å²) in [5, 5.41) is 2.75. The molecule has 0 bridgehead atoms. The van der Waals surface area contributed by atoms with Crippen molar-refractivity contribution in [1.82, 2.24) is 5.32 Å². The molecule has 6 heteroatoms. The number of fused-ring (bicyclic) bond motifs is 1. The fourth-order valence-corrected chi connectivity index (χ4v) is 4.40. The molecule has 2 aliphatic heterocycles. The van der Waals surface area contributed by atoms with Gasteiger partial charge < -0.3 is 4.90 Å². The maximum Gasteiger partial charge on any atom is 0.270 e. The van der Waals surface area contributed by atoms with E-state index in [4.69, 9.17) is 12.2 Å². The topological polar surface area (TPSA) is 52.7 Å². The number of hydrogen-bond donors (Lipinski definition) is 1. The Bertz CT molecular complexity index is 1190. The number of amides is 2. The summed E-state index contributed by atoms with van der Waals surface area (Å²) in [5.41, 5.74) is 5.70. The lowest BCUT2D eigenvalue weighted by atomic mass is 9.88. The number of thiocarbonyl (C=S) groups is 1. The van der Waals surface area contributed by atoms with Gasteiger partial charge in [-0.05, 0) is 80.9 Å². The van der Waals surface area contributed by atoms with Gasteiger partial charge in [-0.3, -0.25) is 19.8 Å². The number of nitrogens with zero attached hydrogens (tertiary/aromatic N) is 2. The average molecular weight is 432 g/mol. The molecule has 5 nitrogen and oxygen atoms in total. The Morgan fingerprint density at radius 1 is 1.03 bits per heavy atom. The van der Waals surface area contributed by atoms with Gasteiger partial charge in [0.2, 0.25) is 0 Å². The fraction of sp³-hybridized carbons (Fsp3) is 0.240. The van der Waals surface area contributed by atoms with E-state index in [1.807, 2.05) is 49.4 Å². The number of para-hydroxylation sites is 1. The Balaban J connectivity index is 1.76. The maximum absolute atomic E-state index is 13.3. The molecule has 2 heterocycles. The smallest absolute Gasteiger partial charge is 0.270 e. The number of nitrogens with one attached hydrogen (secondary N) is 1. The van der Waals surface area contributed by atoms with E-state index in [0.717, 1.165) is 22.4 Å². The first-order valence-electron chi connectivity index (χ1n) is 10.1. The fourth-order valence-electron chi connectivity index (χ4n) is 4.12. The summed E-state index contributed by atoms with van der Waals surface area (Å²) < 4.78 is 0. The quantitative estimate of drug-likeness (QED) is 0.433. The normalized spacial score (nSPS) is 19.3. The molecule has 2 aliphatic rings. The molecule has 0 saturated carbocycles. The van der Waals surface area contributed by atoms with Crippen LogP contribution in [0.15, 0.2) is 54.1 Å². The predicted molar refractivity (Wildman–Crippen MR) is 130 cm³/mol. The number of hydrogen-bond acceptors (Lipinski definition) is 4. The Kier molecular flexibility index (Phi) is 5.06. The first-order chi connectivity index (χ1) is 14.6. The van der Waals surface area contributed by atoms with E-state index < -0.39 is 11.8 Å². The third kappa shape index (κ3) is 3.57. The van der Waals surface area contributed by atoms with Crippen molar-refractivity contribution in [3.8, 4) is 0 Å². The number of allylic oxidation sites excluding steroid dienone is 1. The van der Waals surface area contributed by atoms with Crippen LogP contribution in [-0.2, 0) is 9.59 Å². The second-order valence-corrected chi connectivity index (χ2v) is 8.95. The molecule has 0 aromatic heterocycles. The van der Waals surface area contributed by atoms with Crippen molar-refractivity contribution in [1.29, 1.82) is 0 Å². The van der Waals surface area contributed by atoms with Gasteiger partial charge in [0.25, 0.3) is 11.8 Å². The molecule has 158 valence electrons. The molecule has 2 amide bonds. The Morgan fingerprint density at radius 3 is 2.45 bits per heavy atom. The predicted octanol–water partition coefficient (Wildman–Crippen LogP) is 4.46. The molecule has 2 aromatic rings. The molecular formula is C25H25N3O2S. The van der Waals surface area contributed by atoms with Crippen molar-refractivity contribution in [3.05, 3.63) is 70.8 Å². The third-order valence-corrected chi connectivity index (χ3v) is 6.29. The van der Waals surface area contributed by atoms with E-state index in [2.05, 4.69) is 44.1 Å². The zero-order chi connectivity index (χ0) is 22.5. The van der Waals surface area contributed by atoms with Gasteiger partial charge in [-0.2, -0.15) is 0 Å². The number of rotatable bonds is 2. The number of anilines is 2. The number of aryl methyl sites for hydroxylation is 1.